The highest BCUT2D eigenvalue weighted by Crippen LogP contribution is 2.34. The van der Waals surface area contributed by atoms with Crippen LogP contribution in [0.15, 0.2) is 24.3 Å². The Hall–Kier alpha value is -1.25. The Balaban J connectivity index is 3.19. The predicted octanol–water partition coefficient (Wildman–Crippen LogP) is 3.72. The molecule has 26 heavy (non-hydrogen) atoms. The maximum atomic E-state index is 15.1. The summed E-state index contributed by atoms with van der Waals surface area (Å²) < 4.78 is 62.4. The van der Waals surface area contributed by atoms with E-state index in [0.29, 0.717) is 0 Å². The second-order valence-corrected chi connectivity index (χ2v) is 9.05. The van der Waals surface area contributed by atoms with Crippen molar-refractivity contribution in [3.05, 3.63) is 35.6 Å². The molecule has 0 saturated carbocycles. The van der Waals surface area contributed by atoms with E-state index in [0.717, 1.165) is 6.07 Å². The average Bonchev–Trinajstić information content (AvgIpc) is 2.54. The fourth-order valence-corrected chi connectivity index (χ4v) is 3.19. The van der Waals surface area contributed by atoms with Crippen molar-refractivity contribution in [2.45, 2.75) is 63.7 Å². The monoisotopic (exact) mass is 393 g/mol. The van der Waals surface area contributed by atoms with Gasteiger partial charge in [-0.25, -0.2) is 18.0 Å². The largest absolute Gasteiger partial charge is 0.598 e. The van der Waals surface area contributed by atoms with Gasteiger partial charge in [0, 0.05) is 23.3 Å². The molecular formula is C18H26F3NO3S. The lowest BCUT2D eigenvalue weighted by atomic mass is 9.85. The smallest absolute Gasteiger partial charge is 0.340 e. The first kappa shape index (κ1) is 22.8. The Morgan fingerprint density at radius 1 is 1.27 bits per heavy atom. The summed E-state index contributed by atoms with van der Waals surface area (Å²) in [5.41, 5.74) is -1.90. The Morgan fingerprint density at radius 2 is 1.85 bits per heavy atom. The summed E-state index contributed by atoms with van der Waals surface area (Å²) in [5, 5.41) is 0. The number of nitrogens with one attached hydrogen (secondary N) is 1. The maximum Gasteiger partial charge on any atom is 0.340 e. The highest BCUT2D eigenvalue weighted by atomic mass is 32.2. The zero-order valence-electron chi connectivity index (χ0n) is 15.6. The van der Waals surface area contributed by atoms with Crippen LogP contribution in [-0.4, -0.2) is 34.2 Å². The second-order valence-electron chi connectivity index (χ2n) is 7.09. The third-order valence-corrected chi connectivity index (χ3v) is 5.60. The van der Waals surface area contributed by atoms with Gasteiger partial charge in [0.2, 0.25) is 0 Å². The number of rotatable bonds is 8. The zero-order valence-corrected chi connectivity index (χ0v) is 16.5. The number of alkyl halides is 2. The van der Waals surface area contributed by atoms with Gasteiger partial charge in [-0.2, -0.15) is 0 Å². The molecule has 8 heteroatoms. The number of benzene rings is 1. The summed E-state index contributed by atoms with van der Waals surface area (Å²) in [6.07, 6.45) is -5.09. The zero-order chi connectivity index (χ0) is 20.1. The third-order valence-electron chi connectivity index (χ3n) is 3.88. The molecule has 0 fully saturated rings. The van der Waals surface area contributed by atoms with Crippen molar-refractivity contribution in [3.8, 4) is 0 Å². The highest BCUT2D eigenvalue weighted by molar-refractivity contribution is 7.90. The quantitative estimate of drug-likeness (QED) is 0.540. The van der Waals surface area contributed by atoms with E-state index in [1.807, 2.05) is 0 Å². The normalized spacial score (nSPS) is 17.9. The minimum absolute atomic E-state index is 0.0346. The molecule has 0 aliphatic heterocycles. The van der Waals surface area contributed by atoms with Crippen molar-refractivity contribution in [1.29, 1.82) is 0 Å². The molecule has 1 aromatic carbocycles. The molecule has 0 saturated heterocycles. The first-order valence-electron chi connectivity index (χ1n) is 8.33. The number of hydrogen-bond donors (Lipinski definition) is 1. The second kappa shape index (κ2) is 9.10. The van der Waals surface area contributed by atoms with Gasteiger partial charge in [-0.15, -0.1) is 4.72 Å². The van der Waals surface area contributed by atoms with Gasteiger partial charge in [-0.3, -0.25) is 0 Å². The lowest BCUT2D eigenvalue weighted by Crippen LogP contribution is -2.55. The van der Waals surface area contributed by atoms with E-state index in [4.69, 9.17) is 0 Å². The van der Waals surface area contributed by atoms with Gasteiger partial charge >= 0.3 is 5.97 Å². The summed E-state index contributed by atoms with van der Waals surface area (Å²) in [7, 11) is 0. The lowest BCUT2D eigenvalue weighted by molar-refractivity contribution is -0.150. The standard InChI is InChI=1S/C18H26F3NO3S/c1-6-25-16(23)14(20)11-15(21)18(5,22-26(24)17(2,3)4)12-9-7-8-10-13(12)19/h7-10,14-15,22H,6,11H2,1-5H3/t14?,15-,18?,26?/m0/s1. The van der Waals surface area contributed by atoms with Crippen molar-refractivity contribution >= 4 is 17.3 Å². The van der Waals surface area contributed by atoms with Crippen LogP contribution < -0.4 is 4.72 Å². The number of carbonyl (C=O) groups excluding carboxylic acids is 1. The number of halogens is 3. The molecule has 0 spiro atoms. The number of carbonyl (C=O) groups is 1. The Labute approximate surface area is 155 Å². The van der Waals surface area contributed by atoms with E-state index in [2.05, 4.69) is 9.46 Å². The molecule has 0 amide bonds. The molecule has 0 radical (unpaired) electrons. The average molecular weight is 393 g/mol. The molecule has 0 heterocycles. The van der Waals surface area contributed by atoms with Gasteiger partial charge in [0.1, 0.15) is 22.3 Å². The summed E-state index contributed by atoms with van der Waals surface area (Å²) in [6, 6.07) is 5.42. The van der Waals surface area contributed by atoms with E-state index in [1.54, 1.807) is 20.8 Å². The topological polar surface area (TPSA) is 61.4 Å². The highest BCUT2D eigenvalue weighted by Gasteiger charge is 2.46. The van der Waals surface area contributed by atoms with Gasteiger partial charge in [-0.05, 0) is 40.7 Å². The number of esters is 1. The maximum absolute atomic E-state index is 15.1. The van der Waals surface area contributed by atoms with Crippen LogP contribution >= 0.6 is 0 Å². The van der Waals surface area contributed by atoms with Gasteiger partial charge in [0.15, 0.2) is 6.17 Å². The number of hydrogen-bond acceptors (Lipinski definition) is 4. The molecule has 1 aromatic rings. The SMILES string of the molecule is CCOC(=O)C(F)C[C@H](F)C(C)(N[S+]([O-])C(C)(C)C)c1ccccc1F. The van der Waals surface area contributed by atoms with Gasteiger partial charge in [0.25, 0.3) is 0 Å². The van der Waals surface area contributed by atoms with Gasteiger partial charge in [0.05, 0.1) is 6.61 Å². The molecule has 0 aromatic heterocycles. The van der Waals surface area contributed by atoms with E-state index >= 15 is 4.39 Å². The Bertz CT molecular complexity index is 612. The predicted molar refractivity (Wildman–Crippen MR) is 95.8 cm³/mol. The molecule has 148 valence electrons. The molecule has 0 bridgehead atoms. The van der Waals surface area contributed by atoms with Crippen molar-refractivity contribution in [3.63, 3.8) is 0 Å². The molecule has 4 nitrogen and oxygen atoms in total. The van der Waals surface area contributed by atoms with Crippen LogP contribution in [0, 0.1) is 5.82 Å². The van der Waals surface area contributed by atoms with Crippen molar-refractivity contribution in [1.82, 2.24) is 4.72 Å². The Morgan fingerprint density at radius 3 is 2.35 bits per heavy atom. The minimum Gasteiger partial charge on any atom is -0.598 e. The summed E-state index contributed by atoms with van der Waals surface area (Å²) in [6.45, 7) is 7.78. The van der Waals surface area contributed by atoms with Crippen molar-refractivity contribution in [2.24, 2.45) is 0 Å². The van der Waals surface area contributed by atoms with E-state index < -0.39 is 52.2 Å². The molecule has 1 rings (SSSR count). The molecule has 1 N–H and O–H groups in total. The van der Waals surface area contributed by atoms with Crippen LogP contribution in [0.5, 0.6) is 0 Å². The summed E-state index contributed by atoms with van der Waals surface area (Å²) in [4.78, 5) is 11.5. The van der Waals surface area contributed by atoms with Crippen LogP contribution in [0.3, 0.4) is 0 Å². The van der Waals surface area contributed by atoms with Crippen molar-refractivity contribution in [2.75, 3.05) is 6.61 Å². The molecule has 0 aliphatic rings. The minimum atomic E-state index is -2.21. The third kappa shape index (κ3) is 5.62. The summed E-state index contributed by atoms with van der Waals surface area (Å²) >= 11 is -1.76. The first-order chi connectivity index (χ1) is 11.9. The van der Waals surface area contributed by atoms with E-state index in [-0.39, 0.29) is 12.2 Å². The van der Waals surface area contributed by atoms with Crippen LogP contribution in [-0.2, 0) is 26.4 Å². The molecule has 0 aliphatic carbocycles. The fourth-order valence-electron chi connectivity index (χ4n) is 2.26. The van der Waals surface area contributed by atoms with Crippen LogP contribution in [0.25, 0.3) is 0 Å². The molecule has 3 unspecified atom stereocenters. The first-order valence-corrected chi connectivity index (χ1v) is 9.48. The van der Waals surface area contributed by atoms with Crippen LogP contribution in [0.4, 0.5) is 13.2 Å². The molecule has 4 atom stereocenters. The van der Waals surface area contributed by atoms with E-state index in [9.17, 15) is 18.1 Å². The molecular weight excluding hydrogens is 367 g/mol. The Kier molecular flexibility index (Phi) is 7.98. The number of ether oxygens (including phenoxy) is 1. The van der Waals surface area contributed by atoms with Gasteiger partial charge < -0.3 is 9.29 Å². The van der Waals surface area contributed by atoms with Crippen LogP contribution in [0.2, 0.25) is 0 Å². The lowest BCUT2D eigenvalue weighted by Gasteiger charge is -2.37. The van der Waals surface area contributed by atoms with Crippen molar-refractivity contribution < 1.29 is 27.3 Å². The van der Waals surface area contributed by atoms with Gasteiger partial charge in [-0.1, -0.05) is 18.2 Å². The van der Waals surface area contributed by atoms with Crippen LogP contribution in [0.1, 0.15) is 46.6 Å². The summed E-state index contributed by atoms with van der Waals surface area (Å²) in [5.74, 6) is -1.90. The van der Waals surface area contributed by atoms with E-state index in [1.165, 1.54) is 32.0 Å². The fraction of sp³-hybridized carbons (Fsp3) is 0.611.